The third-order valence-corrected chi connectivity index (χ3v) is 1.82. The lowest BCUT2D eigenvalue weighted by molar-refractivity contribution is 0.448. The van der Waals surface area contributed by atoms with E-state index in [1.165, 1.54) is 0 Å². The molecule has 0 saturated carbocycles. The molecule has 0 bridgehead atoms. The Kier molecular flexibility index (Phi) is 1.55. The molecule has 0 fully saturated rings. The number of aryl methyl sites for hydroxylation is 1. The largest absolute Gasteiger partial charge is 0.354 e. The topological polar surface area (TPSA) is 64.9 Å². The van der Waals surface area contributed by atoms with Gasteiger partial charge < -0.3 is 10.3 Å². The van der Waals surface area contributed by atoms with E-state index in [4.69, 9.17) is 10.3 Å². The van der Waals surface area contributed by atoms with Crippen molar-refractivity contribution in [3.05, 3.63) is 23.5 Å². The first-order valence-electron chi connectivity index (χ1n) is 3.73. The lowest BCUT2D eigenvalue weighted by Gasteiger charge is -1.93. The smallest absolute Gasteiger partial charge is 0.190 e. The van der Waals surface area contributed by atoms with E-state index in [9.17, 15) is 0 Å². The van der Waals surface area contributed by atoms with E-state index in [0.29, 0.717) is 12.1 Å². The molecule has 0 atom stereocenters. The van der Waals surface area contributed by atoms with Crippen LogP contribution in [0, 0.1) is 6.92 Å². The lowest BCUT2D eigenvalue weighted by atomic mass is 10.2. The van der Waals surface area contributed by atoms with Gasteiger partial charge in [0.1, 0.15) is 11.2 Å². The summed E-state index contributed by atoms with van der Waals surface area (Å²) < 4.78 is 5.08. The third-order valence-electron chi connectivity index (χ3n) is 1.82. The van der Waals surface area contributed by atoms with Crippen LogP contribution >= 0.6 is 0 Å². The van der Waals surface area contributed by atoms with E-state index in [2.05, 4.69) is 10.1 Å². The molecule has 12 heavy (non-hydrogen) atoms. The van der Waals surface area contributed by atoms with Crippen molar-refractivity contribution >= 4 is 11.1 Å². The van der Waals surface area contributed by atoms with Gasteiger partial charge in [-0.15, -0.1) is 0 Å². The zero-order valence-corrected chi connectivity index (χ0v) is 6.74. The van der Waals surface area contributed by atoms with E-state index in [-0.39, 0.29) is 0 Å². The fourth-order valence-electron chi connectivity index (χ4n) is 1.17. The summed E-state index contributed by atoms with van der Waals surface area (Å²) in [6.07, 6.45) is 1.72. The second-order valence-corrected chi connectivity index (χ2v) is 2.62. The van der Waals surface area contributed by atoms with E-state index in [1.807, 2.05) is 13.0 Å². The van der Waals surface area contributed by atoms with E-state index >= 15 is 0 Å². The van der Waals surface area contributed by atoms with Gasteiger partial charge in [-0.2, -0.15) is 0 Å². The number of hydrogen-bond acceptors (Lipinski definition) is 4. The van der Waals surface area contributed by atoms with Crippen LogP contribution in [0.1, 0.15) is 11.3 Å². The normalized spacial score (nSPS) is 10.8. The summed E-state index contributed by atoms with van der Waals surface area (Å²) in [5.41, 5.74) is 8.77. The quantitative estimate of drug-likeness (QED) is 0.680. The summed E-state index contributed by atoms with van der Waals surface area (Å²) in [7, 11) is 0. The minimum atomic E-state index is 0.452. The molecule has 2 aromatic heterocycles. The van der Waals surface area contributed by atoms with Crippen molar-refractivity contribution < 1.29 is 4.52 Å². The number of pyridine rings is 1. The maximum absolute atomic E-state index is 5.51. The van der Waals surface area contributed by atoms with Crippen LogP contribution in [0.3, 0.4) is 0 Å². The highest BCUT2D eigenvalue weighted by molar-refractivity contribution is 5.77. The monoisotopic (exact) mass is 163 g/mol. The zero-order chi connectivity index (χ0) is 8.55. The molecular weight excluding hydrogens is 154 g/mol. The molecule has 0 amide bonds. The van der Waals surface area contributed by atoms with Gasteiger partial charge in [0.25, 0.3) is 0 Å². The predicted molar refractivity (Wildman–Crippen MR) is 44.4 cm³/mol. The first kappa shape index (κ1) is 7.24. The van der Waals surface area contributed by atoms with Crippen molar-refractivity contribution in [1.82, 2.24) is 10.1 Å². The second kappa shape index (κ2) is 2.57. The average Bonchev–Trinajstić information content (AvgIpc) is 2.48. The molecule has 62 valence electrons. The third kappa shape index (κ3) is 0.887. The predicted octanol–water partition coefficient (Wildman–Crippen LogP) is 0.990. The van der Waals surface area contributed by atoms with Crippen LogP contribution < -0.4 is 5.73 Å². The molecular formula is C8H9N3O. The summed E-state index contributed by atoms with van der Waals surface area (Å²) >= 11 is 0. The van der Waals surface area contributed by atoms with Crippen LogP contribution in [0.4, 0.5) is 0 Å². The molecule has 0 aliphatic carbocycles. The van der Waals surface area contributed by atoms with Gasteiger partial charge in [-0.1, -0.05) is 5.16 Å². The number of nitrogens with zero attached hydrogens (tertiary/aromatic N) is 2. The van der Waals surface area contributed by atoms with Gasteiger partial charge >= 0.3 is 0 Å². The molecule has 4 nitrogen and oxygen atoms in total. The molecule has 2 rings (SSSR count). The standard InChI is InChI=1S/C8H9N3O/c1-5-7-8(12-11-5)6(4-9)2-3-10-7/h2-3H,4,9H2,1H3. The van der Waals surface area contributed by atoms with E-state index in [0.717, 1.165) is 16.8 Å². The molecule has 0 radical (unpaired) electrons. The summed E-state index contributed by atoms with van der Waals surface area (Å²) in [6.45, 7) is 2.31. The highest BCUT2D eigenvalue weighted by atomic mass is 16.5. The summed E-state index contributed by atoms with van der Waals surface area (Å²) in [6, 6.07) is 1.84. The van der Waals surface area contributed by atoms with Gasteiger partial charge in [-0.3, -0.25) is 4.98 Å². The average molecular weight is 163 g/mol. The van der Waals surface area contributed by atoms with Crippen molar-refractivity contribution in [2.75, 3.05) is 0 Å². The van der Waals surface area contributed by atoms with Crippen molar-refractivity contribution in [3.63, 3.8) is 0 Å². The molecule has 0 aliphatic rings. The molecule has 0 aliphatic heterocycles. The Morgan fingerprint density at radius 2 is 2.42 bits per heavy atom. The Morgan fingerprint density at radius 1 is 1.58 bits per heavy atom. The Labute approximate surface area is 69.4 Å². The van der Waals surface area contributed by atoms with E-state index < -0.39 is 0 Å². The zero-order valence-electron chi connectivity index (χ0n) is 6.74. The molecule has 0 aromatic carbocycles. The summed E-state index contributed by atoms with van der Waals surface area (Å²) in [5.74, 6) is 0. The minimum absolute atomic E-state index is 0.452. The van der Waals surface area contributed by atoms with Crippen molar-refractivity contribution in [2.45, 2.75) is 13.5 Å². The van der Waals surface area contributed by atoms with Gasteiger partial charge in [0.05, 0.1) is 0 Å². The number of aromatic nitrogens is 2. The Balaban J connectivity index is 2.81. The van der Waals surface area contributed by atoms with Crippen LogP contribution in [-0.2, 0) is 6.54 Å². The first-order chi connectivity index (χ1) is 5.83. The van der Waals surface area contributed by atoms with Gasteiger partial charge in [0, 0.05) is 18.3 Å². The highest BCUT2D eigenvalue weighted by Gasteiger charge is 2.07. The molecule has 2 aromatic rings. The minimum Gasteiger partial charge on any atom is -0.354 e. The summed E-state index contributed by atoms with van der Waals surface area (Å²) in [5, 5.41) is 3.81. The van der Waals surface area contributed by atoms with Crippen LogP contribution in [0.25, 0.3) is 11.1 Å². The fourth-order valence-corrected chi connectivity index (χ4v) is 1.17. The maximum atomic E-state index is 5.51. The fraction of sp³-hybridized carbons (Fsp3) is 0.250. The van der Waals surface area contributed by atoms with Gasteiger partial charge in [-0.05, 0) is 13.0 Å². The molecule has 0 saturated heterocycles. The van der Waals surface area contributed by atoms with Crippen LogP contribution in [-0.4, -0.2) is 10.1 Å². The van der Waals surface area contributed by atoms with Gasteiger partial charge in [0.2, 0.25) is 0 Å². The number of hydrogen-bond donors (Lipinski definition) is 1. The number of nitrogens with two attached hydrogens (primary N) is 1. The maximum Gasteiger partial charge on any atom is 0.190 e. The molecule has 0 unspecified atom stereocenters. The Hall–Kier alpha value is -1.42. The number of fused-ring (bicyclic) bond motifs is 1. The Morgan fingerprint density at radius 3 is 3.17 bits per heavy atom. The first-order valence-corrected chi connectivity index (χ1v) is 3.73. The number of rotatable bonds is 1. The second-order valence-electron chi connectivity index (χ2n) is 2.62. The van der Waals surface area contributed by atoms with Crippen molar-refractivity contribution in [2.24, 2.45) is 5.73 Å². The lowest BCUT2D eigenvalue weighted by Crippen LogP contribution is -1.96. The SMILES string of the molecule is Cc1noc2c(CN)ccnc12. The van der Waals surface area contributed by atoms with E-state index in [1.54, 1.807) is 6.20 Å². The molecule has 2 heterocycles. The summed E-state index contributed by atoms with van der Waals surface area (Å²) in [4.78, 5) is 4.14. The van der Waals surface area contributed by atoms with Crippen LogP contribution in [0.5, 0.6) is 0 Å². The van der Waals surface area contributed by atoms with Crippen molar-refractivity contribution in [1.29, 1.82) is 0 Å². The molecule has 0 spiro atoms. The van der Waals surface area contributed by atoms with Gasteiger partial charge in [-0.25, -0.2) is 0 Å². The molecule has 2 N–H and O–H groups in total. The van der Waals surface area contributed by atoms with Crippen molar-refractivity contribution in [3.8, 4) is 0 Å². The van der Waals surface area contributed by atoms with Crippen LogP contribution in [0.15, 0.2) is 16.8 Å². The Bertz CT molecular complexity index is 408. The van der Waals surface area contributed by atoms with Crippen LogP contribution in [0.2, 0.25) is 0 Å². The highest BCUT2D eigenvalue weighted by Crippen LogP contribution is 2.18. The molecule has 4 heteroatoms. The van der Waals surface area contributed by atoms with Gasteiger partial charge in [0.15, 0.2) is 5.58 Å².